The second-order valence-corrected chi connectivity index (χ2v) is 28.7. The summed E-state index contributed by atoms with van der Waals surface area (Å²) in [6.07, 6.45) is 45.2. The van der Waals surface area contributed by atoms with Gasteiger partial charge in [0.05, 0.1) is 0 Å². The summed E-state index contributed by atoms with van der Waals surface area (Å²) in [5, 5.41) is 21.8. The van der Waals surface area contributed by atoms with Crippen LogP contribution in [-0.2, 0) is 0 Å². The topological polar surface area (TPSA) is 61.4 Å². The van der Waals surface area contributed by atoms with Gasteiger partial charge in [0, 0.05) is 35.8 Å². The van der Waals surface area contributed by atoms with E-state index in [9.17, 15) is 0 Å². The minimum atomic E-state index is 0.413. The zero-order chi connectivity index (χ0) is 45.7. The Balaban J connectivity index is 0.894. The molecule has 0 saturated heterocycles. The quantitative estimate of drug-likeness (QED) is 0.290. The van der Waals surface area contributed by atoms with Gasteiger partial charge in [-0.1, -0.05) is 106 Å². The Labute approximate surface area is 409 Å². The number of hydrogen-bond acceptors (Lipinski definition) is 4. The van der Waals surface area contributed by atoms with Crippen LogP contribution in [0.25, 0.3) is 0 Å². The van der Waals surface area contributed by atoms with Crippen LogP contribution in [0.1, 0.15) is 306 Å². The van der Waals surface area contributed by atoms with E-state index in [0.29, 0.717) is 52.0 Å². The highest BCUT2D eigenvalue weighted by atomic mass is 15.3. The van der Waals surface area contributed by atoms with Crippen LogP contribution in [0.15, 0.2) is 0 Å². The fraction of sp³-hybridized carbons (Fsp3) is 0.934. The SMILES string of the molecule is CC(C)(C)C1CCC(c2nnc(C3CCC4C5CCCCC5C5(C6CCCCC6C6CCC(c7nnc(C8CCC(C(C)(C)C)CC8)n7C7CCCCC7)CC65)C4C3)n2C2CCCCC2)CC1. The van der Waals surface area contributed by atoms with Crippen molar-refractivity contribution in [1.29, 1.82) is 0 Å². The zero-order valence-electron chi connectivity index (χ0n) is 44.0. The van der Waals surface area contributed by atoms with Crippen LogP contribution in [0.3, 0.4) is 0 Å². The molecule has 10 aliphatic carbocycles. The van der Waals surface area contributed by atoms with Gasteiger partial charge in [-0.3, -0.25) is 0 Å². The van der Waals surface area contributed by atoms with Crippen molar-refractivity contribution in [3.8, 4) is 0 Å². The third kappa shape index (κ3) is 8.02. The molecule has 12 rings (SSSR count). The monoisotopic (exact) mass is 915 g/mol. The normalized spacial score (nSPS) is 42.3. The van der Waals surface area contributed by atoms with Crippen LogP contribution in [0.4, 0.5) is 0 Å². The lowest BCUT2D eigenvalue weighted by atomic mass is 9.52. The first-order valence-corrected chi connectivity index (χ1v) is 30.4. The molecule has 10 aliphatic rings. The van der Waals surface area contributed by atoms with E-state index in [4.69, 9.17) is 20.4 Å². The van der Waals surface area contributed by atoms with Gasteiger partial charge >= 0.3 is 0 Å². The van der Waals surface area contributed by atoms with Gasteiger partial charge in [-0.15, -0.1) is 20.4 Å². The van der Waals surface area contributed by atoms with E-state index in [2.05, 4.69) is 50.7 Å². The van der Waals surface area contributed by atoms with Crippen LogP contribution in [0.5, 0.6) is 0 Å². The predicted molar refractivity (Wildman–Crippen MR) is 273 cm³/mol. The van der Waals surface area contributed by atoms with Crippen LogP contribution in [0.2, 0.25) is 0 Å². The van der Waals surface area contributed by atoms with Crippen molar-refractivity contribution in [3.05, 3.63) is 23.3 Å². The van der Waals surface area contributed by atoms with Crippen molar-refractivity contribution >= 4 is 0 Å². The highest BCUT2D eigenvalue weighted by Gasteiger charge is 2.72. The predicted octanol–water partition coefficient (Wildman–Crippen LogP) is 16.8. The lowest BCUT2D eigenvalue weighted by molar-refractivity contribution is -0.0413. The third-order valence-corrected chi connectivity index (χ3v) is 23.9. The Kier molecular flexibility index (Phi) is 12.7. The van der Waals surface area contributed by atoms with Crippen molar-refractivity contribution in [2.45, 2.75) is 283 Å². The lowest BCUT2D eigenvalue weighted by Crippen LogP contribution is -2.47. The molecule has 0 aliphatic heterocycles. The summed E-state index contributed by atoms with van der Waals surface area (Å²) in [6.45, 7) is 14.9. The lowest BCUT2D eigenvalue weighted by Gasteiger charge is -2.53. The minimum absolute atomic E-state index is 0.413. The average Bonchev–Trinajstić information content (AvgIpc) is 4.13. The number of nitrogens with zero attached hydrogens (tertiary/aromatic N) is 6. The molecule has 10 atom stereocenters. The molecule has 2 aromatic heterocycles. The molecule has 0 amide bonds. The van der Waals surface area contributed by atoms with Gasteiger partial charge in [0.25, 0.3) is 0 Å². The molecule has 0 bridgehead atoms. The molecule has 1 spiro atoms. The number of aromatic nitrogens is 6. The van der Waals surface area contributed by atoms with Gasteiger partial charge in [0.1, 0.15) is 23.3 Å². The Bertz CT molecular complexity index is 1840. The molecule has 10 saturated carbocycles. The average molecular weight is 915 g/mol. The minimum Gasteiger partial charge on any atom is -0.311 e. The van der Waals surface area contributed by atoms with E-state index in [0.717, 1.165) is 59.2 Å². The molecular weight excluding hydrogens is 817 g/mol. The first-order valence-electron chi connectivity index (χ1n) is 30.4. The molecule has 2 aromatic rings. The second kappa shape index (κ2) is 18.4. The molecule has 10 unspecified atom stereocenters. The number of fused-ring (bicyclic) bond motifs is 10. The van der Waals surface area contributed by atoms with Crippen molar-refractivity contribution in [2.24, 2.45) is 75.4 Å². The second-order valence-electron chi connectivity index (χ2n) is 28.7. The summed E-state index contributed by atoms with van der Waals surface area (Å²) in [6, 6.07) is 1.26. The summed E-state index contributed by atoms with van der Waals surface area (Å²) >= 11 is 0. The van der Waals surface area contributed by atoms with E-state index in [1.165, 1.54) is 216 Å². The van der Waals surface area contributed by atoms with Gasteiger partial charge in [-0.25, -0.2) is 0 Å². The molecule has 2 heterocycles. The molecule has 372 valence electrons. The zero-order valence-corrected chi connectivity index (χ0v) is 44.0. The van der Waals surface area contributed by atoms with Crippen molar-refractivity contribution in [1.82, 2.24) is 29.5 Å². The molecular formula is C61H98N6. The Hall–Kier alpha value is -1.72. The molecule has 0 radical (unpaired) electrons. The van der Waals surface area contributed by atoms with Gasteiger partial charge < -0.3 is 9.13 Å². The van der Waals surface area contributed by atoms with Crippen molar-refractivity contribution < 1.29 is 0 Å². The Morgan fingerprint density at radius 3 is 1.01 bits per heavy atom. The Morgan fingerprint density at radius 2 is 0.642 bits per heavy atom. The van der Waals surface area contributed by atoms with Crippen LogP contribution in [-0.4, -0.2) is 29.5 Å². The number of hydrogen-bond donors (Lipinski definition) is 0. The fourth-order valence-corrected chi connectivity index (χ4v) is 20.9. The summed E-state index contributed by atoms with van der Waals surface area (Å²) in [4.78, 5) is 0. The molecule has 67 heavy (non-hydrogen) atoms. The van der Waals surface area contributed by atoms with Crippen LogP contribution >= 0.6 is 0 Å². The molecule has 10 fully saturated rings. The molecule has 6 nitrogen and oxygen atoms in total. The third-order valence-electron chi connectivity index (χ3n) is 23.9. The van der Waals surface area contributed by atoms with E-state index >= 15 is 0 Å². The molecule has 0 N–H and O–H groups in total. The summed E-state index contributed by atoms with van der Waals surface area (Å²) in [5.74, 6) is 17.4. The van der Waals surface area contributed by atoms with Crippen LogP contribution in [0, 0.1) is 75.4 Å². The summed E-state index contributed by atoms with van der Waals surface area (Å²) in [7, 11) is 0. The van der Waals surface area contributed by atoms with Gasteiger partial charge in [0.2, 0.25) is 0 Å². The van der Waals surface area contributed by atoms with Gasteiger partial charge in [0.15, 0.2) is 0 Å². The van der Waals surface area contributed by atoms with E-state index in [1.807, 2.05) is 0 Å². The van der Waals surface area contributed by atoms with Gasteiger partial charge in [-0.05, 0) is 217 Å². The highest BCUT2D eigenvalue weighted by molar-refractivity contribution is 5.24. The Morgan fingerprint density at radius 1 is 0.328 bits per heavy atom. The van der Waals surface area contributed by atoms with E-state index in [-0.39, 0.29) is 0 Å². The van der Waals surface area contributed by atoms with Crippen molar-refractivity contribution in [3.63, 3.8) is 0 Å². The van der Waals surface area contributed by atoms with Crippen LogP contribution < -0.4 is 0 Å². The smallest absolute Gasteiger partial charge is 0.136 e. The first-order chi connectivity index (χ1) is 32.5. The summed E-state index contributed by atoms with van der Waals surface area (Å²) in [5.41, 5.74) is 1.35. The first kappa shape index (κ1) is 46.4. The fourth-order valence-electron chi connectivity index (χ4n) is 20.9. The summed E-state index contributed by atoms with van der Waals surface area (Å²) < 4.78 is 5.84. The molecule has 6 heteroatoms. The maximum atomic E-state index is 5.50. The highest BCUT2D eigenvalue weighted by Crippen LogP contribution is 2.78. The molecule has 0 aromatic carbocycles. The standard InChI is InChI=1S/C61H98N6/c1-59(2,3)43-31-25-39(26-32-43)55-62-64-57(66(55)45-17-9-7-10-18-45)41-29-35-49-47-21-13-15-23-51(47)61(53(49)37-41)52-24-16-14-22-48(52)50-36-30-42(38-54(50)61)58-65-63-56(67(58)46-19-11-8-12-20-46)40-27-33-44(34-28-40)60(4,5)6/h39-54H,7-38H2,1-6H3. The van der Waals surface area contributed by atoms with Gasteiger partial charge in [-0.2, -0.15) is 0 Å². The maximum Gasteiger partial charge on any atom is 0.136 e. The van der Waals surface area contributed by atoms with Crippen molar-refractivity contribution in [2.75, 3.05) is 0 Å². The largest absolute Gasteiger partial charge is 0.311 e. The number of rotatable bonds is 6. The maximum absolute atomic E-state index is 5.50. The van der Waals surface area contributed by atoms with E-state index < -0.39 is 0 Å². The van der Waals surface area contributed by atoms with E-state index in [1.54, 1.807) is 12.8 Å².